The van der Waals surface area contributed by atoms with Gasteiger partial charge in [0, 0.05) is 17.7 Å². The molecular formula is C21H20O12. The second-order valence-corrected chi connectivity index (χ2v) is 7.62. The van der Waals surface area contributed by atoms with Crippen LogP contribution in [0.3, 0.4) is 0 Å². The van der Waals surface area contributed by atoms with E-state index in [1.165, 1.54) is 0 Å². The highest BCUT2D eigenvalue weighted by Gasteiger charge is 2.46. The van der Waals surface area contributed by atoms with Gasteiger partial charge in [0.2, 0.25) is 0 Å². The zero-order valence-corrected chi connectivity index (χ0v) is 16.7. The van der Waals surface area contributed by atoms with Crippen LogP contribution in [-0.4, -0.2) is 77.0 Å². The fourth-order valence-electron chi connectivity index (χ4n) is 3.83. The summed E-state index contributed by atoms with van der Waals surface area (Å²) in [6.45, 7) is -0.751. The quantitative estimate of drug-likeness (QED) is 0.224. The molecule has 176 valence electrons. The molecule has 5 unspecified atom stereocenters. The van der Waals surface area contributed by atoms with Crippen molar-refractivity contribution >= 4 is 11.0 Å². The third kappa shape index (κ3) is 3.59. The number of aromatic hydroxyl groups is 5. The van der Waals surface area contributed by atoms with Crippen LogP contribution in [-0.2, 0) is 4.74 Å². The number of aliphatic hydroxyl groups is 4. The molecule has 0 spiro atoms. The lowest BCUT2D eigenvalue weighted by atomic mass is 9.89. The molecule has 1 saturated heterocycles. The Morgan fingerprint density at radius 3 is 2.03 bits per heavy atom. The predicted molar refractivity (Wildman–Crippen MR) is 109 cm³/mol. The van der Waals surface area contributed by atoms with Crippen molar-refractivity contribution in [1.29, 1.82) is 0 Å². The van der Waals surface area contributed by atoms with Gasteiger partial charge in [0.15, 0.2) is 28.3 Å². The van der Waals surface area contributed by atoms with Gasteiger partial charge in [-0.3, -0.25) is 4.79 Å². The van der Waals surface area contributed by atoms with Crippen LogP contribution in [0.2, 0.25) is 0 Å². The summed E-state index contributed by atoms with van der Waals surface area (Å²) in [6, 6.07) is 3.68. The molecule has 9 N–H and O–H groups in total. The van der Waals surface area contributed by atoms with Gasteiger partial charge >= 0.3 is 0 Å². The van der Waals surface area contributed by atoms with Crippen LogP contribution in [0.5, 0.6) is 28.7 Å². The first-order valence-electron chi connectivity index (χ1n) is 9.63. The standard InChI is InChI=1S/C21H20O12/c22-5-13-17(29)18(30)19(31)21(33-13)15-8(24)3-7(23)14-9(25)4-12(32-20(14)15)6-1-10(26)16(28)11(27)2-6/h1-4,13,17-19,21-24,26-31H,5H2. The highest BCUT2D eigenvalue weighted by molar-refractivity contribution is 5.89. The van der Waals surface area contributed by atoms with Crippen molar-refractivity contribution in [2.24, 2.45) is 0 Å². The molecule has 12 nitrogen and oxygen atoms in total. The van der Waals surface area contributed by atoms with Crippen LogP contribution in [0.4, 0.5) is 0 Å². The number of hydrogen-bond donors (Lipinski definition) is 9. The Kier molecular flexibility index (Phi) is 5.56. The van der Waals surface area contributed by atoms with Gasteiger partial charge in [-0.05, 0) is 12.1 Å². The number of hydrogen-bond acceptors (Lipinski definition) is 12. The number of phenolic OH excluding ortho intramolecular Hbond substituents is 5. The Labute approximate surface area is 184 Å². The van der Waals surface area contributed by atoms with Crippen LogP contribution < -0.4 is 5.43 Å². The number of ether oxygens (including phenoxy) is 1. The van der Waals surface area contributed by atoms with Crippen molar-refractivity contribution in [2.75, 3.05) is 6.61 Å². The normalized spacial score (nSPS) is 25.4. The van der Waals surface area contributed by atoms with Crippen molar-refractivity contribution in [3.8, 4) is 40.1 Å². The lowest BCUT2D eigenvalue weighted by Crippen LogP contribution is -2.55. The van der Waals surface area contributed by atoms with Gasteiger partial charge in [-0.2, -0.15) is 0 Å². The second-order valence-electron chi connectivity index (χ2n) is 7.62. The van der Waals surface area contributed by atoms with Gasteiger partial charge in [0.1, 0.15) is 53.2 Å². The third-order valence-electron chi connectivity index (χ3n) is 5.53. The number of fused-ring (bicyclic) bond motifs is 1. The van der Waals surface area contributed by atoms with Crippen LogP contribution in [0.15, 0.2) is 33.5 Å². The van der Waals surface area contributed by atoms with E-state index in [1.807, 2.05) is 0 Å². The Hall–Kier alpha value is -3.55. The Morgan fingerprint density at radius 2 is 1.42 bits per heavy atom. The molecule has 0 radical (unpaired) electrons. The van der Waals surface area contributed by atoms with Gasteiger partial charge in [-0.15, -0.1) is 0 Å². The van der Waals surface area contributed by atoms with Gasteiger partial charge in [-0.25, -0.2) is 0 Å². The van der Waals surface area contributed by atoms with E-state index in [2.05, 4.69) is 0 Å². The smallest absolute Gasteiger partial charge is 0.200 e. The summed E-state index contributed by atoms with van der Waals surface area (Å²) in [4.78, 5) is 12.8. The fraction of sp³-hybridized carbons (Fsp3) is 0.286. The van der Waals surface area contributed by atoms with Crippen LogP contribution in [0.25, 0.3) is 22.3 Å². The molecule has 3 aromatic rings. The van der Waals surface area contributed by atoms with Crippen molar-refractivity contribution in [1.82, 2.24) is 0 Å². The molecule has 2 heterocycles. The molecule has 0 bridgehead atoms. The maximum Gasteiger partial charge on any atom is 0.200 e. The number of benzene rings is 2. The van der Waals surface area contributed by atoms with Gasteiger partial charge < -0.3 is 55.1 Å². The van der Waals surface area contributed by atoms with E-state index in [-0.39, 0.29) is 16.9 Å². The summed E-state index contributed by atoms with van der Waals surface area (Å²) in [5.74, 6) is -3.89. The lowest BCUT2D eigenvalue weighted by Gasteiger charge is -2.40. The van der Waals surface area contributed by atoms with E-state index in [0.29, 0.717) is 0 Å². The average Bonchev–Trinajstić information content (AvgIpc) is 2.76. The first-order valence-corrected chi connectivity index (χ1v) is 9.63. The van der Waals surface area contributed by atoms with Gasteiger partial charge in [-0.1, -0.05) is 0 Å². The molecule has 33 heavy (non-hydrogen) atoms. The molecule has 0 amide bonds. The monoisotopic (exact) mass is 464 g/mol. The van der Waals surface area contributed by atoms with Crippen molar-refractivity contribution in [3.05, 3.63) is 40.1 Å². The summed E-state index contributed by atoms with van der Waals surface area (Å²) in [6.07, 6.45) is -8.26. The third-order valence-corrected chi connectivity index (χ3v) is 5.53. The van der Waals surface area contributed by atoms with E-state index in [0.717, 1.165) is 24.3 Å². The molecule has 0 saturated carbocycles. The molecule has 5 atom stereocenters. The topological polar surface area (TPSA) is 222 Å². The minimum absolute atomic E-state index is 0.0654. The Balaban J connectivity index is 1.99. The molecule has 2 aromatic carbocycles. The molecule has 0 aliphatic carbocycles. The van der Waals surface area contributed by atoms with Crippen molar-refractivity contribution in [2.45, 2.75) is 30.5 Å². The summed E-state index contributed by atoms with van der Waals surface area (Å²) in [5, 5.41) is 89.5. The number of rotatable bonds is 3. The van der Waals surface area contributed by atoms with Crippen LogP contribution >= 0.6 is 0 Å². The zero-order valence-electron chi connectivity index (χ0n) is 16.7. The molecule has 1 aliphatic rings. The van der Waals surface area contributed by atoms with E-state index >= 15 is 0 Å². The Morgan fingerprint density at radius 1 is 0.788 bits per heavy atom. The van der Waals surface area contributed by atoms with Crippen LogP contribution in [0, 0.1) is 0 Å². The SMILES string of the molecule is O=c1cc(-c2cc(O)c(O)c(O)c2)oc2c(C3OC(CO)C(O)C(O)C3O)c(O)cc(O)c12. The lowest BCUT2D eigenvalue weighted by molar-refractivity contribution is -0.231. The molecule has 1 aromatic heterocycles. The number of aliphatic hydroxyl groups excluding tert-OH is 4. The fourth-order valence-corrected chi connectivity index (χ4v) is 3.83. The Bertz CT molecular complexity index is 1260. The highest BCUT2D eigenvalue weighted by Crippen LogP contribution is 2.44. The van der Waals surface area contributed by atoms with E-state index in [9.17, 15) is 50.8 Å². The van der Waals surface area contributed by atoms with Crippen LogP contribution in [0.1, 0.15) is 11.7 Å². The van der Waals surface area contributed by atoms with E-state index < -0.39 is 82.3 Å². The average molecular weight is 464 g/mol. The minimum atomic E-state index is -1.84. The molecular weight excluding hydrogens is 444 g/mol. The minimum Gasteiger partial charge on any atom is -0.507 e. The second kappa shape index (κ2) is 8.10. The summed E-state index contributed by atoms with van der Waals surface area (Å²) < 4.78 is 11.1. The summed E-state index contributed by atoms with van der Waals surface area (Å²) in [7, 11) is 0. The van der Waals surface area contributed by atoms with E-state index in [4.69, 9.17) is 9.15 Å². The zero-order chi connectivity index (χ0) is 24.2. The van der Waals surface area contributed by atoms with Gasteiger partial charge in [0.05, 0.1) is 12.2 Å². The molecule has 1 aliphatic heterocycles. The highest BCUT2D eigenvalue weighted by atomic mass is 16.5. The van der Waals surface area contributed by atoms with Gasteiger partial charge in [0.25, 0.3) is 0 Å². The maximum atomic E-state index is 12.8. The first kappa shape index (κ1) is 22.6. The predicted octanol–water partition coefficient (Wildman–Crippen LogP) is -0.497. The summed E-state index contributed by atoms with van der Waals surface area (Å²) in [5.41, 5.74) is -1.72. The first-order chi connectivity index (χ1) is 15.5. The maximum absolute atomic E-state index is 12.8. The summed E-state index contributed by atoms with van der Waals surface area (Å²) >= 11 is 0. The van der Waals surface area contributed by atoms with E-state index in [1.54, 1.807) is 0 Å². The molecule has 1 fully saturated rings. The number of phenols is 5. The van der Waals surface area contributed by atoms with Crippen molar-refractivity contribution < 1.29 is 55.1 Å². The molecule has 4 rings (SSSR count). The molecule has 12 heteroatoms. The van der Waals surface area contributed by atoms with Crippen molar-refractivity contribution in [3.63, 3.8) is 0 Å². The largest absolute Gasteiger partial charge is 0.507 e.